The predicted molar refractivity (Wildman–Crippen MR) is 79.0 cm³/mol. The molecule has 108 valence electrons. The summed E-state index contributed by atoms with van der Waals surface area (Å²) in [6.45, 7) is 1.66. The van der Waals surface area contributed by atoms with Gasteiger partial charge in [0.15, 0.2) is 0 Å². The van der Waals surface area contributed by atoms with Gasteiger partial charge in [0.05, 0.1) is 5.56 Å². The zero-order valence-electron chi connectivity index (χ0n) is 11.7. The summed E-state index contributed by atoms with van der Waals surface area (Å²) in [5, 5.41) is 4.02. The monoisotopic (exact) mass is 292 g/mol. The minimum Gasteiger partial charge on any atom is -0.381 e. The number of pyridine rings is 1. The molecule has 1 saturated heterocycles. The molecule has 2 aliphatic rings. The van der Waals surface area contributed by atoms with Crippen molar-refractivity contribution in [2.45, 2.75) is 36.8 Å². The third-order valence-electron chi connectivity index (χ3n) is 4.67. The number of rotatable bonds is 3. The lowest BCUT2D eigenvalue weighted by Crippen LogP contribution is -2.57. The molecule has 0 aromatic carbocycles. The topological polar surface area (TPSA) is 51.2 Å². The van der Waals surface area contributed by atoms with Gasteiger partial charge in [-0.05, 0) is 49.5 Å². The molecule has 1 spiro atoms. The van der Waals surface area contributed by atoms with Gasteiger partial charge in [0.1, 0.15) is 5.03 Å². The van der Waals surface area contributed by atoms with Crippen LogP contribution in [0.1, 0.15) is 36.0 Å². The van der Waals surface area contributed by atoms with Gasteiger partial charge in [-0.1, -0.05) is 0 Å². The number of hydrogen-bond donors (Lipinski definition) is 1. The van der Waals surface area contributed by atoms with Crippen molar-refractivity contribution < 1.29 is 9.53 Å². The van der Waals surface area contributed by atoms with Gasteiger partial charge in [0.2, 0.25) is 0 Å². The zero-order chi connectivity index (χ0) is 14.0. The van der Waals surface area contributed by atoms with Crippen LogP contribution >= 0.6 is 11.8 Å². The number of nitrogens with zero attached hydrogens (tertiary/aromatic N) is 1. The predicted octanol–water partition coefficient (Wildman–Crippen LogP) is 2.49. The van der Waals surface area contributed by atoms with Crippen LogP contribution in [0.5, 0.6) is 0 Å². The minimum absolute atomic E-state index is 0.0121. The maximum absolute atomic E-state index is 12.5. The first-order chi connectivity index (χ1) is 9.75. The number of nitrogens with one attached hydrogen (secondary N) is 1. The smallest absolute Gasteiger partial charge is 0.254 e. The second-order valence-corrected chi connectivity index (χ2v) is 6.39. The van der Waals surface area contributed by atoms with E-state index in [1.54, 1.807) is 6.20 Å². The highest BCUT2D eigenvalue weighted by Crippen LogP contribution is 2.48. The van der Waals surface area contributed by atoms with Crippen LogP contribution in [-0.4, -0.2) is 36.4 Å². The van der Waals surface area contributed by atoms with E-state index in [1.807, 2.05) is 18.4 Å². The van der Waals surface area contributed by atoms with Crippen molar-refractivity contribution in [2.24, 2.45) is 5.41 Å². The van der Waals surface area contributed by atoms with E-state index in [1.165, 1.54) is 18.2 Å². The first kappa shape index (κ1) is 13.9. The van der Waals surface area contributed by atoms with Crippen molar-refractivity contribution in [1.82, 2.24) is 10.3 Å². The van der Waals surface area contributed by atoms with Crippen molar-refractivity contribution in [3.63, 3.8) is 0 Å². The zero-order valence-corrected chi connectivity index (χ0v) is 12.5. The fourth-order valence-corrected chi connectivity index (χ4v) is 3.81. The molecule has 5 heteroatoms. The quantitative estimate of drug-likeness (QED) is 0.870. The van der Waals surface area contributed by atoms with Gasteiger partial charge in [-0.3, -0.25) is 4.79 Å². The molecule has 2 heterocycles. The van der Waals surface area contributed by atoms with Crippen LogP contribution in [0.4, 0.5) is 0 Å². The highest BCUT2D eigenvalue weighted by molar-refractivity contribution is 7.98. The van der Waals surface area contributed by atoms with E-state index >= 15 is 0 Å². The Morgan fingerprint density at radius 1 is 1.45 bits per heavy atom. The van der Waals surface area contributed by atoms with Crippen LogP contribution in [0.15, 0.2) is 23.4 Å². The Bertz CT molecular complexity index is 500. The van der Waals surface area contributed by atoms with Gasteiger partial charge in [-0.25, -0.2) is 4.98 Å². The molecule has 1 aromatic rings. The van der Waals surface area contributed by atoms with Crippen LogP contribution in [0.3, 0.4) is 0 Å². The summed E-state index contributed by atoms with van der Waals surface area (Å²) in [6.07, 6.45) is 8.11. The number of thioether (sulfide) groups is 1. The Hall–Kier alpha value is -1.07. The lowest BCUT2D eigenvalue weighted by molar-refractivity contribution is -0.0523. The van der Waals surface area contributed by atoms with Crippen LogP contribution < -0.4 is 5.32 Å². The summed E-state index contributed by atoms with van der Waals surface area (Å²) in [5.41, 5.74) is 0.976. The third-order valence-corrected chi connectivity index (χ3v) is 5.39. The van der Waals surface area contributed by atoms with Gasteiger partial charge in [0, 0.05) is 25.5 Å². The molecule has 1 aliphatic heterocycles. The molecule has 1 unspecified atom stereocenters. The molecule has 0 bridgehead atoms. The molecular weight excluding hydrogens is 272 g/mol. The number of hydrogen-bond acceptors (Lipinski definition) is 4. The van der Waals surface area contributed by atoms with E-state index in [-0.39, 0.29) is 11.3 Å². The van der Waals surface area contributed by atoms with Crippen LogP contribution in [0.2, 0.25) is 0 Å². The van der Waals surface area contributed by atoms with Crippen LogP contribution in [-0.2, 0) is 4.74 Å². The van der Waals surface area contributed by atoms with E-state index < -0.39 is 0 Å². The van der Waals surface area contributed by atoms with Gasteiger partial charge in [0.25, 0.3) is 5.91 Å². The number of ether oxygens (including phenoxy) is 1. The number of amides is 1. The molecule has 1 amide bonds. The molecule has 1 aromatic heterocycles. The van der Waals surface area contributed by atoms with Gasteiger partial charge in [-0.15, -0.1) is 11.8 Å². The Morgan fingerprint density at radius 2 is 2.25 bits per heavy atom. The molecule has 1 atom stereocenters. The molecule has 1 N–H and O–H groups in total. The second kappa shape index (κ2) is 5.74. The largest absolute Gasteiger partial charge is 0.381 e. The summed E-state index contributed by atoms with van der Waals surface area (Å²) in [5.74, 6) is 0.0121. The summed E-state index contributed by atoms with van der Waals surface area (Å²) >= 11 is 1.51. The molecular formula is C15H20N2O2S. The Kier molecular flexibility index (Phi) is 3.98. The first-order valence-electron chi connectivity index (χ1n) is 7.13. The lowest BCUT2D eigenvalue weighted by Gasteiger charge is -2.52. The van der Waals surface area contributed by atoms with Crippen LogP contribution in [0.25, 0.3) is 0 Å². The standard InChI is InChI=1S/C15H20N2O2S/c1-20-14-11(3-2-8-16-14)13(18)17-12-4-5-15(12)6-9-19-10-7-15/h2-3,8,12H,4-7,9-10H2,1H3,(H,17,18). The maximum Gasteiger partial charge on any atom is 0.254 e. The van der Waals surface area contributed by atoms with Crippen LogP contribution in [0, 0.1) is 5.41 Å². The van der Waals surface area contributed by atoms with Gasteiger partial charge < -0.3 is 10.1 Å². The van der Waals surface area contributed by atoms with E-state index in [2.05, 4.69) is 10.3 Å². The van der Waals surface area contributed by atoms with E-state index in [0.29, 0.717) is 11.6 Å². The van der Waals surface area contributed by atoms with E-state index in [4.69, 9.17) is 4.74 Å². The number of aromatic nitrogens is 1. The van der Waals surface area contributed by atoms with Crippen molar-refractivity contribution in [2.75, 3.05) is 19.5 Å². The summed E-state index contributed by atoms with van der Waals surface area (Å²) in [4.78, 5) is 16.7. The first-order valence-corrected chi connectivity index (χ1v) is 8.35. The second-order valence-electron chi connectivity index (χ2n) is 5.60. The average molecular weight is 292 g/mol. The van der Waals surface area contributed by atoms with Crippen molar-refractivity contribution in [3.8, 4) is 0 Å². The molecule has 1 saturated carbocycles. The van der Waals surface area contributed by atoms with Gasteiger partial charge in [-0.2, -0.15) is 0 Å². The average Bonchev–Trinajstić information content (AvgIpc) is 2.52. The number of carbonyl (C=O) groups is 1. The molecule has 0 radical (unpaired) electrons. The highest BCUT2D eigenvalue weighted by Gasteiger charge is 2.48. The van der Waals surface area contributed by atoms with Gasteiger partial charge >= 0.3 is 0 Å². The highest BCUT2D eigenvalue weighted by atomic mass is 32.2. The Balaban J connectivity index is 1.70. The minimum atomic E-state index is 0.0121. The van der Waals surface area contributed by atoms with Crippen molar-refractivity contribution in [1.29, 1.82) is 0 Å². The Morgan fingerprint density at radius 3 is 2.90 bits per heavy atom. The molecule has 3 rings (SSSR count). The SMILES string of the molecule is CSc1ncccc1C(=O)NC1CCC12CCOCC2. The normalized spacial score (nSPS) is 24.1. The summed E-state index contributed by atoms with van der Waals surface area (Å²) in [6, 6.07) is 3.97. The van der Waals surface area contributed by atoms with Crippen molar-refractivity contribution in [3.05, 3.63) is 23.9 Å². The number of carbonyl (C=O) groups excluding carboxylic acids is 1. The molecule has 2 fully saturated rings. The third kappa shape index (κ3) is 2.44. The molecule has 4 nitrogen and oxygen atoms in total. The Labute approximate surface area is 123 Å². The van der Waals surface area contributed by atoms with E-state index in [0.717, 1.165) is 37.5 Å². The fraction of sp³-hybridized carbons (Fsp3) is 0.600. The maximum atomic E-state index is 12.5. The summed E-state index contributed by atoms with van der Waals surface area (Å²) < 4.78 is 5.45. The lowest BCUT2D eigenvalue weighted by atomic mass is 9.60. The van der Waals surface area contributed by atoms with E-state index in [9.17, 15) is 4.79 Å². The molecule has 20 heavy (non-hydrogen) atoms. The summed E-state index contributed by atoms with van der Waals surface area (Å²) in [7, 11) is 0. The molecule has 1 aliphatic carbocycles. The fourth-order valence-electron chi connectivity index (χ4n) is 3.26. The van der Waals surface area contributed by atoms with Crippen molar-refractivity contribution >= 4 is 17.7 Å².